The van der Waals surface area contributed by atoms with Gasteiger partial charge in [-0.1, -0.05) is 12.1 Å². The van der Waals surface area contributed by atoms with Crippen molar-refractivity contribution in [2.45, 2.75) is 70.2 Å². The second-order valence-electron chi connectivity index (χ2n) is 12.8. The van der Waals surface area contributed by atoms with Gasteiger partial charge in [0, 0.05) is 47.9 Å². The summed E-state index contributed by atoms with van der Waals surface area (Å²) >= 11 is 0. The van der Waals surface area contributed by atoms with Gasteiger partial charge in [-0.3, -0.25) is 4.79 Å². The number of carbonyl (C=O) groups is 2. The van der Waals surface area contributed by atoms with E-state index in [2.05, 4.69) is 5.32 Å². The van der Waals surface area contributed by atoms with Crippen LogP contribution >= 0.6 is 0 Å². The summed E-state index contributed by atoms with van der Waals surface area (Å²) in [4.78, 5) is 28.3. The minimum Gasteiger partial charge on any atom is -0.444 e. The molecule has 1 N–H and O–H groups in total. The van der Waals surface area contributed by atoms with Gasteiger partial charge in [-0.2, -0.15) is 5.26 Å². The van der Waals surface area contributed by atoms with Crippen molar-refractivity contribution in [3.05, 3.63) is 83.6 Å². The molecule has 3 atom stereocenters. The molecule has 226 valence electrons. The molecule has 4 aromatic rings. The number of nitriles is 1. The average molecular weight is 597 g/mol. The molecule has 3 aromatic carbocycles. The number of aromatic nitrogens is 1. The van der Waals surface area contributed by atoms with Gasteiger partial charge >= 0.3 is 6.09 Å². The van der Waals surface area contributed by atoms with Crippen LogP contribution in [-0.4, -0.2) is 45.2 Å². The molecule has 6 rings (SSSR count). The van der Waals surface area contributed by atoms with Crippen LogP contribution in [0, 0.1) is 23.0 Å². The van der Waals surface area contributed by atoms with Gasteiger partial charge in [0.15, 0.2) is 0 Å². The van der Waals surface area contributed by atoms with Gasteiger partial charge in [0.1, 0.15) is 23.3 Å². The number of hydrogen-bond donors (Lipinski definition) is 1. The summed E-state index contributed by atoms with van der Waals surface area (Å²) in [7, 11) is 1.84. The van der Waals surface area contributed by atoms with Crippen molar-refractivity contribution < 1.29 is 23.1 Å². The molecule has 2 bridgehead atoms. The fourth-order valence-electron chi connectivity index (χ4n) is 6.67. The molecule has 0 aliphatic carbocycles. The van der Waals surface area contributed by atoms with E-state index in [4.69, 9.17) is 4.74 Å². The third kappa shape index (κ3) is 5.52. The summed E-state index contributed by atoms with van der Waals surface area (Å²) in [5.41, 5.74) is 2.21. The molecule has 2 amide bonds. The van der Waals surface area contributed by atoms with Crippen LogP contribution in [0.3, 0.4) is 0 Å². The maximum atomic E-state index is 15.6. The van der Waals surface area contributed by atoms with Gasteiger partial charge in [0.25, 0.3) is 5.91 Å². The van der Waals surface area contributed by atoms with Gasteiger partial charge in [-0.25, -0.2) is 13.6 Å². The number of aryl methyl sites for hydroxylation is 1. The van der Waals surface area contributed by atoms with E-state index >= 15 is 4.39 Å². The highest BCUT2D eigenvalue weighted by molar-refractivity contribution is 5.99. The molecule has 0 unspecified atom stereocenters. The molecule has 0 radical (unpaired) electrons. The maximum absolute atomic E-state index is 15.6. The van der Waals surface area contributed by atoms with Crippen LogP contribution in [0.25, 0.3) is 33.2 Å². The first-order valence-electron chi connectivity index (χ1n) is 14.8. The molecule has 3 heterocycles. The number of piperidine rings is 1. The Labute approximate surface area is 255 Å². The Morgan fingerprint density at radius 2 is 1.66 bits per heavy atom. The fourth-order valence-corrected chi connectivity index (χ4v) is 6.67. The SMILES string of the molecule is Cn1ccc2cc(-c3ccc(C(=O)N4[C@@H]5CC[C@H]4C[C@H](NC(=O)OC(C)(C)C)C5)cc3-c3ccc(C#N)c(F)c3)c(F)cc21. The number of benzene rings is 3. The van der Waals surface area contributed by atoms with Crippen molar-refractivity contribution in [2.24, 2.45) is 7.05 Å². The highest BCUT2D eigenvalue weighted by Crippen LogP contribution is 2.40. The number of carbonyl (C=O) groups excluding carboxylic acids is 2. The minimum atomic E-state index is -0.690. The summed E-state index contributed by atoms with van der Waals surface area (Å²) in [5.74, 6) is -1.29. The summed E-state index contributed by atoms with van der Waals surface area (Å²) in [6.45, 7) is 5.45. The molecular formula is C35H34F2N4O3. The van der Waals surface area contributed by atoms with Crippen LogP contribution in [0.15, 0.2) is 60.8 Å². The molecule has 0 saturated carbocycles. The number of halogens is 2. The summed E-state index contributed by atoms with van der Waals surface area (Å²) in [6.07, 6.45) is 4.30. The number of amides is 2. The predicted octanol–water partition coefficient (Wildman–Crippen LogP) is 7.32. The van der Waals surface area contributed by atoms with E-state index in [9.17, 15) is 19.2 Å². The van der Waals surface area contributed by atoms with E-state index in [1.165, 1.54) is 18.2 Å². The van der Waals surface area contributed by atoms with Gasteiger partial charge in [0.05, 0.1) is 11.1 Å². The van der Waals surface area contributed by atoms with E-state index in [-0.39, 0.29) is 29.6 Å². The zero-order chi connectivity index (χ0) is 31.3. The Kier molecular flexibility index (Phi) is 7.40. The van der Waals surface area contributed by atoms with Crippen LogP contribution in [0.2, 0.25) is 0 Å². The number of alkyl carbamates (subject to hydrolysis) is 1. The van der Waals surface area contributed by atoms with E-state index in [0.717, 1.165) is 23.7 Å². The van der Waals surface area contributed by atoms with Crippen LogP contribution in [-0.2, 0) is 11.8 Å². The van der Waals surface area contributed by atoms with Crippen LogP contribution < -0.4 is 5.32 Å². The Bertz CT molecular complexity index is 1820. The third-order valence-electron chi connectivity index (χ3n) is 8.62. The van der Waals surface area contributed by atoms with Crippen molar-refractivity contribution >= 4 is 22.9 Å². The largest absolute Gasteiger partial charge is 0.444 e. The zero-order valence-corrected chi connectivity index (χ0v) is 25.2. The topological polar surface area (TPSA) is 87.4 Å². The van der Waals surface area contributed by atoms with Gasteiger partial charge in [-0.05, 0) is 106 Å². The molecule has 1 aromatic heterocycles. The summed E-state index contributed by atoms with van der Waals surface area (Å²) < 4.78 is 37.7. The van der Waals surface area contributed by atoms with Crippen LogP contribution in [0.1, 0.15) is 62.4 Å². The van der Waals surface area contributed by atoms with Crippen molar-refractivity contribution in [1.82, 2.24) is 14.8 Å². The van der Waals surface area contributed by atoms with Crippen molar-refractivity contribution in [2.75, 3.05) is 0 Å². The number of nitrogens with one attached hydrogen (secondary N) is 1. The highest BCUT2D eigenvalue weighted by Gasteiger charge is 2.44. The lowest BCUT2D eigenvalue weighted by atomic mass is 9.90. The third-order valence-corrected chi connectivity index (χ3v) is 8.62. The molecule has 7 nitrogen and oxygen atoms in total. The van der Waals surface area contributed by atoms with Gasteiger partial charge in [0.2, 0.25) is 0 Å². The Morgan fingerprint density at radius 3 is 2.32 bits per heavy atom. The smallest absolute Gasteiger partial charge is 0.407 e. The van der Waals surface area contributed by atoms with Crippen molar-refractivity contribution in [1.29, 1.82) is 5.26 Å². The van der Waals surface area contributed by atoms with E-state index < -0.39 is 23.3 Å². The lowest BCUT2D eigenvalue weighted by Crippen LogP contribution is -2.53. The number of hydrogen-bond acceptors (Lipinski definition) is 4. The Morgan fingerprint density at radius 1 is 0.932 bits per heavy atom. The first-order valence-corrected chi connectivity index (χ1v) is 14.8. The van der Waals surface area contributed by atoms with E-state index in [0.29, 0.717) is 40.7 Å². The molecule has 0 spiro atoms. The Hall–Kier alpha value is -4.71. The zero-order valence-electron chi connectivity index (χ0n) is 25.2. The second kappa shape index (κ2) is 11.1. The standard InChI is InChI=1S/C35H34F2N4O3/c1-35(2,3)44-34(43)39-24-16-25-8-9-26(17-24)41(25)33(42)22-7-10-27(28(14-22)20-5-6-23(19-38)30(36)15-20)29-13-21-11-12-40(4)32(21)18-31(29)37/h5-7,10-15,18,24-26H,8-9,16-17H2,1-4H3,(H,39,43)/t24-,25-,26+. The first kappa shape index (κ1) is 29.4. The number of ether oxygens (including phenoxy) is 1. The fraction of sp³-hybridized carbons (Fsp3) is 0.343. The lowest BCUT2D eigenvalue weighted by molar-refractivity contribution is 0.0418. The molecule has 2 fully saturated rings. The molecule has 9 heteroatoms. The maximum Gasteiger partial charge on any atom is 0.407 e. The molecular weight excluding hydrogens is 562 g/mol. The lowest BCUT2D eigenvalue weighted by Gasteiger charge is -2.39. The van der Waals surface area contributed by atoms with E-state index in [1.807, 2.05) is 55.6 Å². The summed E-state index contributed by atoms with van der Waals surface area (Å²) in [6, 6.07) is 16.1. The molecule has 2 aliphatic heterocycles. The predicted molar refractivity (Wildman–Crippen MR) is 164 cm³/mol. The van der Waals surface area contributed by atoms with Crippen molar-refractivity contribution in [3.63, 3.8) is 0 Å². The van der Waals surface area contributed by atoms with Gasteiger partial charge < -0.3 is 19.5 Å². The molecule has 44 heavy (non-hydrogen) atoms. The minimum absolute atomic E-state index is 0.0467. The average Bonchev–Trinajstić information content (AvgIpc) is 3.45. The number of nitrogens with zero attached hydrogens (tertiary/aromatic N) is 3. The summed E-state index contributed by atoms with van der Waals surface area (Å²) in [5, 5.41) is 13.1. The quantitative estimate of drug-likeness (QED) is 0.267. The van der Waals surface area contributed by atoms with Crippen LogP contribution in [0.4, 0.5) is 13.6 Å². The molecule has 2 aliphatic rings. The van der Waals surface area contributed by atoms with E-state index in [1.54, 1.807) is 30.3 Å². The van der Waals surface area contributed by atoms with Crippen LogP contribution in [0.5, 0.6) is 0 Å². The molecule has 2 saturated heterocycles. The van der Waals surface area contributed by atoms with Gasteiger partial charge in [-0.15, -0.1) is 0 Å². The second-order valence-corrected chi connectivity index (χ2v) is 12.8. The normalized spacial score (nSPS) is 19.6. The monoisotopic (exact) mass is 596 g/mol. The highest BCUT2D eigenvalue weighted by atomic mass is 19.1. The number of rotatable bonds is 4. The first-order chi connectivity index (χ1) is 20.9. The van der Waals surface area contributed by atoms with Crippen molar-refractivity contribution in [3.8, 4) is 28.3 Å². The number of fused-ring (bicyclic) bond motifs is 3. The Balaban J connectivity index is 1.35.